The standard InChI is InChI=1S/C13H11N3O4S/c1-2-10-15-16-11(17)6-8(14-13(16)21-10)7-20-12(18)9-4-3-5-19-9/h3-6H,2,7H2,1H3. The molecule has 0 amide bonds. The number of aryl methyl sites for hydroxylation is 1. The van der Waals surface area contributed by atoms with Crippen molar-refractivity contribution >= 4 is 22.3 Å². The third-order valence-corrected chi connectivity index (χ3v) is 3.77. The molecule has 0 spiro atoms. The molecule has 3 rings (SSSR count). The minimum atomic E-state index is -0.597. The highest BCUT2D eigenvalue weighted by molar-refractivity contribution is 7.16. The number of nitrogens with zero attached hydrogens (tertiary/aromatic N) is 3. The van der Waals surface area contributed by atoms with Gasteiger partial charge in [-0.15, -0.1) is 0 Å². The topological polar surface area (TPSA) is 86.7 Å². The molecule has 3 heterocycles. The van der Waals surface area contributed by atoms with Crippen molar-refractivity contribution in [3.05, 3.63) is 51.3 Å². The van der Waals surface area contributed by atoms with Crippen molar-refractivity contribution in [3.8, 4) is 0 Å². The van der Waals surface area contributed by atoms with Crippen molar-refractivity contribution in [1.82, 2.24) is 14.6 Å². The zero-order valence-electron chi connectivity index (χ0n) is 11.1. The molecule has 21 heavy (non-hydrogen) atoms. The van der Waals surface area contributed by atoms with E-state index in [1.54, 1.807) is 6.07 Å². The molecule has 8 heteroatoms. The van der Waals surface area contributed by atoms with E-state index in [2.05, 4.69) is 10.1 Å². The van der Waals surface area contributed by atoms with Crippen LogP contribution >= 0.6 is 11.3 Å². The van der Waals surface area contributed by atoms with Gasteiger partial charge >= 0.3 is 5.97 Å². The van der Waals surface area contributed by atoms with Gasteiger partial charge in [0, 0.05) is 6.07 Å². The number of carbonyl (C=O) groups excluding carboxylic acids is 1. The van der Waals surface area contributed by atoms with Crippen LogP contribution in [0.15, 0.2) is 33.7 Å². The predicted molar refractivity (Wildman–Crippen MR) is 74.3 cm³/mol. The van der Waals surface area contributed by atoms with E-state index in [1.807, 2.05) is 6.92 Å². The van der Waals surface area contributed by atoms with E-state index in [9.17, 15) is 9.59 Å². The molecule has 3 aromatic heterocycles. The van der Waals surface area contributed by atoms with Gasteiger partial charge in [0.1, 0.15) is 11.6 Å². The van der Waals surface area contributed by atoms with E-state index in [0.29, 0.717) is 10.7 Å². The zero-order valence-corrected chi connectivity index (χ0v) is 11.9. The Bertz CT molecular complexity index is 835. The van der Waals surface area contributed by atoms with Crippen LogP contribution in [0.3, 0.4) is 0 Å². The highest BCUT2D eigenvalue weighted by Crippen LogP contribution is 2.12. The Hall–Kier alpha value is -2.48. The number of rotatable bonds is 4. The van der Waals surface area contributed by atoms with Crippen LogP contribution < -0.4 is 5.56 Å². The summed E-state index contributed by atoms with van der Waals surface area (Å²) < 4.78 is 11.2. The Kier molecular flexibility index (Phi) is 3.53. The summed E-state index contributed by atoms with van der Waals surface area (Å²) in [6, 6.07) is 4.41. The average molecular weight is 305 g/mol. The number of fused-ring (bicyclic) bond motifs is 1. The summed E-state index contributed by atoms with van der Waals surface area (Å²) in [6.45, 7) is 1.86. The van der Waals surface area contributed by atoms with Gasteiger partial charge in [0.05, 0.1) is 12.0 Å². The van der Waals surface area contributed by atoms with E-state index >= 15 is 0 Å². The number of esters is 1. The first-order valence-corrected chi connectivity index (χ1v) is 7.08. The fraction of sp³-hybridized carbons (Fsp3) is 0.231. The lowest BCUT2D eigenvalue weighted by Gasteiger charge is -2.02. The van der Waals surface area contributed by atoms with Gasteiger partial charge in [-0.05, 0) is 18.6 Å². The highest BCUT2D eigenvalue weighted by Gasteiger charge is 2.12. The Balaban J connectivity index is 1.81. The third kappa shape index (κ3) is 2.70. The van der Waals surface area contributed by atoms with Crippen molar-refractivity contribution in [1.29, 1.82) is 0 Å². The van der Waals surface area contributed by atoms with Crippen molar-refractivity contribution in [2.75, 3.05) is 0 Å². The van der Waals surface area contributed by atoms with Crippen molar-refractivity contribution < 1.29 is 13.9 Å². The number of ether oxygens (including phenoxy) is 1. The van der Waals surface area contributed by atoms with Crippen LogP contribution in [0.2, 0.25) is 0 Å². The molecule has 0 aliphatic heterocycles. The lowest BCUT2D eigenvalue weighted by molar-refractivity contribution is 0.0431. The monoisotopic (exact) mass is 305 g/mol. The fourth-order valence-electron chi connectivity index (χ4n) is 1.72. The van der Waals surface area contributed by atoms with Crippen LogP contribution in [0.4, 0.5) is 0 Å². The molecule has 0 aromatic carbocycles. The lowest BCUT2D eigenvalue weighted by Crippen LogP contribution is -2.16. The Morgan fingerprint density at radius 3 is 3.10 bits per heavy atom. The predicted octanol–water partition coefficient (Wildman–Crippen LogP) is 1.66. The van der Waals surface area contributed by atoms with Gasteiger partial charge in [-0.3, -0.25) is 4.79 Å². The lowest BCUT2D eigenvalue weighted by atomic mass is 10.4. The number of hydrogen-bond acceptors (Lipinski definition) is 7. The fourth-order valence-corrected chi connectivity index (χ4v) is 2.58. The second-order valence-electron chi connectivity index (χ2n) is 4.18. The maximum atomic E-state index is 11.9. The minimum Gasteiger partial charge on any atom is -0.457 e. The van der Waals surface area contributed by atoms with Crippen LogP contribution in [0.25, 0.3) is 4.96 Å². The minimum absolute atomic E-state index is 0.0926. The largest absolute Gasteiger partial charge is 0.457 e. The summed E-state index contributed by atoms with van der Waals surface area (Å²) in [5, 5.41) is 4.97. The molecule has 108 valence electrons. The van der Waals surface area contributed by atoms with E-state index in [1.165, 1.54) is 34.2 Å². The van der Waals surface area contributed by atoms with Gasteiger partial charge in [0.25, 0.3) is 5.56 Å². The molecule has 0 radical (unpaired) electrons. The Morgan fingerprint density at radius 2 is 2.38 bits per heavy atom. The van der Waals surface area contributed by atoms with Crippen molar-refractivity contribution in [3.63, 3.8) is 0 Å². The van der Waals surface area contributed by atoms with Gasteiger partial charge in [-0.25, -0.2) is 9.78 Å². The molecule has 7 nitrogen and oxygen atoms in total. The third-order valence-electron chi connectivity index (χ3n) is 2.72. The second kappa shape index (κ2) is 5.49. The number of furan rings is 1. The summed E-state index contributed by atoms with van der Waals surface area (Å²) in [5.74, 6) is -0.487. The maximum Gasteiger partial charge on any atom is 0.374 e. The molecule has 0 fully saturated rings. The number of carbonyl (C=O) groups is 1. The summed E-state index contributed by atoms with van der Waals surface area (Å²) in [7, 11) is 0. The molecule has 0 aliphatic carbocycles. The van der Waals surface area contributed by atoms with Gasteiger partial charge < -0.3 is 9.15 Å². The molecule has 0 unspecified atom stereocenters. The van der Waals surface area contributed by atoms with Crippen LogP contribution in [0, 0.1) is 0 Å². The summed E-state index contributed by atoms with van der Waals surface area (Å²) in [4.78, 5) is 28.3. The highest BCUT2D eigenvalue weighted by atomic mass is 32.1. The van der Waals surface area contributed by atoms with Gasteiger partial charge in [-0.1, -0.05) is 18.3 Å². The van der Waals surface area contributed by atoms with Crippen LogP contribution in [-0.2, 0) is 17.8 Å². The molecule has 0 saturated carbocycles. The average Bonchev–Trinajstić information content (AvgIpc) is 3.13. The Morgan fingerprint density at radius 1 is 1.52 bits per heavy atom. The van der Waals surface area contributed by atoms with Gasteiger partial charge in [0.15, 0.2) is 0 Å². The zero-order chi connectivity index (χ0) is 14.8. The first-order chi connectivity index (χ1) is 10.2. The van der Waals surface area contributed by atoms with E-state index in [-0.39, 0.29) is 17.9 Å². The molecule has 0 bridgehead atoms. The SMILES string of the molecule is CCc1nn2c(=O)cc(COC(=O)c3ccco3)nc2s1. The molecular weight excluding hydrogens is 294 g/mol. The molecular formula is C13H11N3O4S. The summed E-state index contributed by atoms with van der Waals surface area (Å²) in [5.41, 5.74) is 0.0891. The first kappa shape index (κ1) is 13.5. The van der Waals surface area contributed by atoms with Crippen molar-refractivity contribution in [2.45, 2.75) is 20.0 Å². The first-order valence-electron chi connectivity index (χ1n) is 6.26. The molecule has 0 saturated heterocycles. The molecule has 0 N–H and O–H groups in total. The second-order valence-corrected chi connectivity index (χ2v) is 5.22. The Labute approximate surface area is 122 Å². The summed E-state index contributed by atoms with van der Waals surface area (Å²) in [6.07, 6.45) is 2.12. The smallest absolute Gasteiger partial charge is 0.374 e. The van der Waals surface area contributed by atoms with E-state index in [4.69, 9.17) is 9.15 Å². The van der Waals surface area contributed by atoms with Crippen LogP contribution in [-0.4, -0.2) is 20.6 Å². The quantitative estimate of drug-likeness (QED) is 0.681. The summed E-state index contributed by atoms with van der Waals surface area (Å²) >= 11 is 1.34. The normalized spacial score (nSPS) is 10.9. The van der Waals surface area contributed by atoms with E-state index in [0.717, 1.165) is 11.4 Å². The van der Waals surface area contributed by atoms with Gasteiger partial charge in [-0.2, -0.15) is 9.61 Å². The maximum absolute atomic E-state index is 11.9. The molecule has 0 atom stereocenters. The van der Waals surface area contributed by atoms with Crippen LogP contribution in [0.5, 0.6) is 0 Å². The van der Waals surface area contributed by atoms with Crippen molar-refractivity contribution in [2.24, 2.45) is 0 Å². The molecule has 0 aliphatic rings. The van der Waals surface area contributed by atoms with E-state index < -0.39 is 5.97 Å². The number of hydrogen-bond donors (Lipinski definition) is 0. The van der Waals surface area contributed by atoms with Gasteiger partial charge in [0.2, 0.25) is 10.7 Å². The van der Waals surface area contributed by atoms with Crippen LogP contribution in [0.1, 0.15) is 28.2 Å². The molecule has 3 aromatic rings. The number of aromatic nitrogens is 3.